The zero-order chi connectivity index (χ0) is 24.4. The topological polar surface area (TPSA) is 92.8 Å². The van der Waals surface area contributed by atoms with Gasteiger partial charge in [0.15, 0.2) is 0 Å². The first kappa shape index (κ1) is 22.5. The van der Waals surface area contributed by atoms with Crippen LogP contribution in [0.2, 0.25) is 0 Å². The molecule has 7 nitrogen and oxygen atoms in total. The van der Waals surface area contributed by atoms with Crippen molar-refractivity contribution in [2.45, 2.75) is 31.4 Å². The zero-order valence-electron chi connectivity index (χ0n) is 19.0. The van der Waals surface area contributed by atoms with Crippen molar-refractivity contribution in [3.05, 3.63) is 107 Å². The molecule has 1 aliphatic heterocycles. The number of nitrogens with one attached hydrogen (secondary N) is 1. The number of ether oxygens (including phenoxy) is 1. The predicted octanol–water partition coefficient (Wildman–Crippen LogP) is 3.70. The second-order valence-corrected chi connectivity index (χ2v) is 8.74. The van der Waals surface area contributed by atoms with Gasteiger partial charge < -0.3 is 10.1 Å². The minimum absolute atomic E-state index is 0.106. The molecule has 176 valence electrons. The monoisotopic (exact) mass is 468 g/mol. The van der Waals surface area contributed by atoms with Gasteiger partial charge in [-0.05, 0) is 43.0 Å². The Labute approximate surface area is 202 Å². The fraction of sp³-hybridized carbons (Fsp3) is 0.214. The van der Waals surface area contributed by atoms with Crippen molar-refractivity contribution >= 4 is 23.7 Å². The van der Waals surface area contributed by atoms with E-state index in [1.165, 1.54) is 23.1 Å². The molecule has 1 aliphatic carbocycles. The first-order valence-corrected chi connectivity index (χ1v) is 11.6. The summed E-state index contributed by atoms with van der Waals surface area (Å²) in [4.78, 5) is 52.8. The summed E-state index contributed by atoms with van der Waals surface area (Å²) in [5.74, 6) is -1.95. The third kappa shape index (κ3) is 4.84. The van der Waals surface area contributed by atoms with E-state index >= 15 is 0 Å². The molecule has 1 heterocycles. The quantitative estimate of drug-likeness (QED) is 0.402. The smallest absolute Gasteiger partial charge is 0.339 e. The molecule has 1 atom stereocenters. The number of nitrogens with zero attached hydrogens (tertiary/aromatic N) is 1. The molecule has 0 aromatic heterocycles. The number of hydrogen-bond donors (Lipinski definition) is 1. The number of fused-ring (bicyclic) bond motifs is 1. The van der Waals surface area contributed by atoms with Crippen LogP contribution < -0.4 is 5.32 Å². The molecule has 0 bridgehead atoms. The molecule has 1 saturated carbocycles. The third-order valence-corrected chi connectivity index (χ3v) is 6.16. The van der Waals surface area contributed by atoms with Gasteiger partial charge in [-0.3, -0.25) is 19.3 Å². The maximum absolute atomic E-state index is 13.0. The van der Waals surface area contributed by atoms with Gasteiger partial charge in [0, 0.05) is 18.2 Å². The van der Waals surface area contributed by atoms with Gasteiger partial charge in [-0.25, -0.2) is 4.79 Å². The lowest BCUT2D eigenvalue weighted by Gasteiger charge is -2.18. The largest absolute Gasteiger partial charge is 0.444 e. The number of imide groups is 1. The molecule has 1 N–H and O–H groups in total. The van der Waals surface area contributed by atoms with Gasteiger partial charge in [0.1, 0.15) is 0 Å². The van der Waals surface area contributed by atoms with E-state index in [9.17, 15) is 19.2 Å². The fourth-order valence-corrected chi connectivity index (χ4v) is 4.09. The Morgan fingerprint density at radius 3 is 2.23 bits per heavy atom. The van der Waals surface area contributed by atoms with Crippen LogP contribution in [0.5, 0.6) is 0 Å². The van der Waals surface area contributed by atoms with Crippen molar-refractivity contribution in [2.75, 3.05) is 6.54 Å². The molecule has 3 amide bonds. The molecular formula is C28H24N2O5. The molecule has 7 heteroatoms. The summed E-state index contributed by atoms with van der Waals surface area (Å²) in [5.41, 5.74) is 2.10. The molecular weight excluding hydrogens is 444 g/mol. The highest BCUT2D eigenvalue weighted by molar-refractivity contribution is 6.22. The Balaban J connectivity index is 1.32. The molecule has 0 saturated heterocycles. The average Bonchev–Trinajstić information content (AvgIpc) is 3.67. The molecule has 5 rings (SSSR count). The van der Waals surface area contributed by atoms with Gasteiger partial charge in [0.25, 0.3) is 17.7 Å². The Bertz CT molecular complexity index is 1290. The fourth-order valence-electron chi connectivity index (χ4n) is 4.09. The number of benzene rings is 3. The molecule has 0 spiro atoms. The van der Waals surface area contributed by atoms with Gasteiger partial charge in [0.2, 0.25) is 6.10 Å². The minimum Gasteiger partial charge on any atom is -0.444 e. The van der Waals surface area contributed by atoms with Gasteiger partial charge in [0.05, 0.1) is 16.7 Å². The third-order valence-electron chi connectivity index (χ3n) is 6.16. The van der Waals surface area contributed by atoms with Crippen LogP contribution in [0.3, 0.4) is 0 Å². The van der Waals surface area contributed by atoms with E-state index in [0.717, 1.165) is 18.4 Å². The van der Waals surface area contributed by atoms with E-state index in [-0.39, 0.29) is 41.1 Å². The minimum atomic E-state index is -1.11. The average molecular weight is 469 g/mol. The Morgan fingerprint density at radius 2 is 1.54 bits per heavy atom. The van der Waals surface area contributed by atoms with Crippen LogP contribution in [0.4, 0.5) is 0 Å². The Kier molecular flexibility index (Phi) is 6.14. The summed E-state index contributed by atoms with van der Waals surface area (Å²) in [6.45, 7) is 0.244. The van der Waals surface area contributed by atoms with E-state index in [0.29, 0.717) is 12.0 Å². The molecule has 3 aromatic rings. The maximum Gasteiger partial charge on any atom is 0.339 e. The summed E-state index contributed by atoms with van der Waals surface area (Å²) >= 11 is 0. The molecule has 1 fully saturated rings. The first-order valence-electron chi connectivity index (χ1n) is 11.6. The van der Waals surface area contributed by atoms with E-state index in [4.69, 9.17) is 4.74 Å². The number of carbonyl (C=O) groups is 4. The van der Waals surface area contributed by atoms with Crippen LogP contribution >= 0.6 is 0 Å². The highest BCUT2D eigenvalue weighted by Crippen LogP contribution is 2.27. The molecule has 3 aromatic carbocycles. The van der Waals surface area contributed by atoms with Gasteiger partial charge in [-0.1, -0.05) is 60.7 Å². The van der Waals surface area contributed by atoms with E-state index in [1.54, 1.807) is 24.3 Å². The van der Waals surface area contributed by atoms with Crippen molar-refractivity contribution in [1.29, 1.82) is 0 Å². The zero-order valence-corrected chi connectivity index (χ0v) is 19.0. The van der Waals surface area contributed by atoms with Crippen molar-refractivity contribution in [1.82, 2.24) is 10.2 Å². The number of rotatable bonds is 8. The van der Waals surface area contributed by atoms with Crippen molar-refractivity contribution in [3.8, 4) is 0 Å². The van der Waals surface area contributed by atoms with Crippen LogP contribution in [-0.4, -0.2) is 41.2 Å². The van der Waals surface area contributed by atoms with Crippen LogP contribution in [0.15, 0.2) is 78.9 Å². The highest BCUT2D eigenvalue weighted by Gasteiger charge is 2.36. The van der Waals surface area contributed by atoms with E-state index < -0.39 is 18.0 Å². The number of esters is 1. The Hall–Kier alpha value is -4.26. The summed E-state index contributed by atoms with van der Waals surface area (Å²) < 4.78 is 5.61. The SMILES string of the molecule is O=C(OC(C(=O)NC1CC1)c1ccccc1)c1ccc2c(c1)C(=O)N(CCc1ccccc1)C2=O. The van der Waals surface area contributed by atoms with Crippen LogP contribution in [0, 0.1) is 0 Å². The van der Waals surface area contributed by atoms with Crippen LogP contribution in [-0.2, 0) is 16.0 Å². The number of carbonyl (C=O) groups excluding carboxylic acids is 4. The second-order valence-electron chi connectivity index (χ2n) is 8.74. The summed E-state index contributed by atoms with van der Waals surface area (Å²) in [6, 6.07) is 22.8. The second kappa shape index (κ2) is 9.54. The predicted molar refractivity (Wildman–Crippen MR) is 128 cm³/mol. The summed E-state index contributed by atoms with van der Waals surface area (Å²) in [6.07, 6.45) is 1.24. The molecule has 1 unspecified atom stereocenters. The van der Waals surface area contributed by atoms with Gasteiger partial charge >= 0.3 is 5.97 Å². The lowest BCUT2D eigenvalue weighted by molar-refractivity contribution is -0.130. The molecule has 2 aliphatic rings. The summed E-state index contributed by atoms with van der Waals surface area (Å²) in [7, 11) is 0. The number of amides is 3. The van der Waals surface area contributed by atoms with Crippen molar-refractivity contribution < 1.29 is 23.9 Å². The van der Waals surface area contributed by atoms with Crippen LogP contribution in [0.1, 0.15) is 61.1 Å². The highest BCUT2D eigenvalue weighted by atomic mass is 16.5. The van der Waals surface area contributed by atoms with E-state index in [2.05, 4.69) is 5.32 Å². The molecule has 35 heavy (non-hydrogen) atoms. The van der Waals surface area contributed by atoms with Gasteiger partial charge in [-0.15, -0.1) is 0 Å². The van der Waals surface area contributed by atoms with E-state index in [1.807, 2.05) is 36.4 Å². The standard InChI is InChI=1S/C28H24N2O5/c31-25(29-21-12-13-21)24(19-9-5-2-6-10-19)35-28(34)20-11-14-22-23(17-20)27(33)30(26(22)32)16-15-18-7-3-1-4-8-18/h1-11,14,17,21,24H,12-13,15-16H2,(H,29,31). The number of hydrogen-bond acceptors (Lipinski definition) is 5. The maximum atomic E-state index is 13.0. The van der Waals surface area contributed by atoms with Crippen LogP contribution in [0.25, 0.3) is 0 Å². The lowest BCUT2D eigenvalue weighted by atomic mass is 10.1. The first-order chi connectivity index (χ1) is 17.0. The molecule has 0 radical (unpaired) electrons. The Morgan fingerprint density at radius 1 is 0.886 bits per heavy atom. The normalized spacial score (nSPS) is 15.5. The lowest BCUT2D eigenvalue weighted by Crippen LogP contribution is -2.33. The van der Waals surface area contributed by atoms with Crippen molar-refractivity contribution in [2.24, 2.45) is 0 Å². The van der Waals surface area contributed by atoms with Gasteiger partial charge in [-0.2, -0.15) is 0 Å². The van der Waals surface area contributed by atoms with Crippen molar-refractivity contribution in [3.63, 3.8) is 0 Å². The summed E-state index contributed by atoms with van der Waals surface area (Å²) in [5, 5.41) is 2.88.